The first-order valence-electron chi connectivity index (χ1n) is 7.08. The van der Waals surface area contributed by atoms with E-state index in [1.54, 1.807) is 11.3 Å². The lowest BCUT2D eigenvalue weighted by Crippen LogP contribution is -2.13. The van der Waals surface area contributed by atoms with Crippen LogP contribution in [0.4, 0.5) is 5.82 Å². The first-order chi connectivity index (χ1) is 10.7. The maximum Gasteiger partial charge on any atom is 0.196 e. The van der Waals surface area contributed by atoms with Gasteiger partial charge in [-0.3, -0.25) is 4.79 Å². The second kappa shape index (κ2) is 4.78. The van der Waals surface area contributed by atoms with Gasteiger partial charge in [-0.05, 0) is 18.2 Å². The topological polar surface area (TPSA) is 33.2 Å². The number of hydrogen-bond donors (Lipinski definition) is 0. The average Bonchev–Trinajstić information content (AvgIpc) is 2.54. The van der Waals surface area contributed by atoms with Crippen molar-refractivity contribution in [3.05, 3.63) is 58.8 Å². The summed E-state index contributed by atoms with van der Waals surface area (Å²) in [6.45, 7) is 0. The number of rotatable bonds is 1. The van der Waals surface area contributed by atoms with Gasteiger partial charge in [0.2, 0.25) is 0 Å². The van der Waals surface area contributed by atoms with Crippen molar-refractivity contribution in [2.24, 2.45) is 0 Å². The van der Waals surface area contributed by atoms with Gasteiger partial charge in [0.05, 0.1) is 15.6 Å². The Kier molecular flexibility index (Phi) is 2.87. The fourth-order valence-corrected chi connectivity index (χ4v) is 4.06. The van der Waals surface area contributed by atoms with Gasteiger partial charge in [0.15, 0.2) is 5.43 Å². The van der Waals surface area contributed by atoms with Gasteiger partial charge in [-0.2, -0.15) is 0 Å². The summed E-state index contributed by atoms with van der Waals surface area (Å²) in [5.74, 6) is 0.849. The lowest BCUT2D eigenvalue weighted by Gasteiger charge is -2.15. The van der Waals surface area contributed by atoms with E-state index in [0.29, 0.717) is 0 Å². The third kappa shape index (κ3) is 1.81. The van der Waals surface area contributed by atoms with Crippen LogP contribution in [0.3, 0.4) is 0 Å². The van der Waals surface area contributed by atoms with E-state index < -0.39 is 0 Å². The molecule has 108 valence electrons. The van der Waals surface area contributed by atoms with Gasteiger partial charge >= 0.3 is 0 Å². The predicted octanol–water partition coefficient (Wildman–Crippen LogP) is 4.03. The minimum atomic E-state index is 0.0889. The molecule has 0 N–H and O–H groups in total. The molecule has 0 saturated carbocycles. The summed E-state index contributed by atoms with van der Waals surface area (Å²) < 4.78 is 1.95. The maximum absolute atomic E-state index is 13.0. The standard InChI is InChI=1S/C18H14N2OS/c1-20(2)18-17-15(11-7-3-5-9-13(11)19-18)16(21)12-8-4-6-10-14(12)22-17/h3-10H,1-2H3. The minimum absolute atomic E-state index is 0.0889. The zero-order chi connectivity index (χ0) is 15.3. The number of nitrogens with zero attached hydrogens (tertiary/aromatic N) is 2. The molecule has 2 heterocycles. The van der Waals surface area contributed by atoms with Gasteiger partial charge in [-0.1, -0.05) is 30.3 Å². The van der Waals surface area contributed by atoms with Crippen molar-refractivity contribution in [3.63, 3.8) is 0 Å². The molecule has 4 aromatic rings. The van der Waals surface area contributed by atoms with E-state index >= 15 is 0 Å². The van der Waals surface area contributed by atoms with E-state index in [4.69, 9.17) is 4.98 Å². The Morgan fingerprint density at radius 2 is 1.64 bits per heavy atom. The highest BCUT2D eigenvalue weighted by atomic mass is 32.1. The summed E-state index contributed by atoms with van der Waals surface area (Å²) in [6, 6.07) is 15.6. The van der Waals surface area contributed by atoms with Gasteiger partial charge in [-0.15, -0.1) is 11.3 Å². The molecule has 3 nitrogen and oxygen atoms in total. The van der Waals surface area contributed by atoms with E-state index in [1.807, 2.05) is 67.5 Å². The molecular formula is C18H14N2OS. The third-order valence-electron chi connectivity index (χ3n) is 3.82. The van der Waals surface area contributed by atoms with Crippen LogP contribution in [0, 0.1) is 0 Å². The molecule has 0 atom stereocenters. The Hall–Kier alpha value is -2.46. The van der Waals surface area contributed by atoms with Crippen molar-refractivity contribution in [2.75, 3.05) is 19.0 Å². The van der Waals surface area contributed by atoms with Crippen LogP contribution in [-0.4, -0.2) is 19.1 Å². The van der Waals surface area contributed by atoms with E-state index in [1.165, 1.54) is 0 Å². The Balaban J connectivity index is 2.37. The summed E-state index contributed by atoms with van der Waals surface area (Å²) in [5.41, 5.74) is 0.948. The van der Waals surface area contributed by atoms with Crippen LogP contribution in [-0.2, 0) is 0 Å². The minimum Gasteiger partial charge on any atom is -0.362 e. The van der Waals surface area contributed by atoms with Gasteiger partial charge < -0.3 is 4.90 Å². The zero-order valence-electron chi connectivity index (χ0n) is 12.3. The van der Waals surface area contributed by atoms with E-state index in [0.717, 1.165) is 36.9 Å². The summed E-state index contributed by atoms with van der Waals surface area (Å²) in [4.78, 5) is 19.8. The SMILES string of the molecule is CN(C)c1nc2ccccc2c2c(=O)c3ccccc3sc12. The Labute approximate surface area is 131 Å². The van der Waals surface area contributed by atoms with E-state index in [9.17, 15) is 4.79 Å². The van der Waals surface area contributed by atoms with Crippen LogP contribution in [0.2, 0.25) is 0 Å². The number of para-hydroxylation sites is 1. The van der Waals surface area contributed by atoms with Crippen molar-refractivity contribution in [3.8, 4) is 0 Å². The molecular weight excluding hydrogens is 292 g/mol. The molecule has 0 fully saturated rings. The zero-order valence-corrected chi connectivity index (χ0v) is 13.1. The van der Waals surface area contributed by atoms with Crippen LogP contribution in [0.1, 0.15) is 0 Å². The second-order valence-electron chi connectivity index (χ2n) is 5.48. The Bertz CT molecular complexity index is 1080. The lowest BCUT2D eigenvalue weighted by molar-refractivity contribution is 1.10. The summed E-state index contributed by atoms with van der Waals surface area (Å²) in [7, 11) is 3.92. The molecule has 0 aliphatic heterocycles. The number of hydrogen-bond acceptors (Lipinski definition) is 4. The van der Waals surface area contributed by atoms with Crippen LogP contribution in [0.25, 0.3) is 31.1 Å². The molecule has 4 heteroatoms. The van der Waals surface area contributed by atoms with Gasteiger partial charge in [0.25, 0.3) is 0 Å². The smallest absolute Gasteiger partial charge is 0.196 e. The molecule has 0 radical (unpaired) electrons. The number of fused-ring (bicyclic) bond motifs is 4. The molecule has 0 saturated heterocycles. The highest BCUT2D eigenvalue weighted by Crippen LogP contribution is 2.34. The summed E-state index contributed by atoms with van der Waals surface area (Å²) in [6.07, 6.45) is 0. The van der Waals surface area contributed by atoms with Crippen molar-refractivity contribution < 1.29 is 0 Å². The Morgan fingerprint density at radius 3 is 2.41 bits per heavy atom. The second-order valence-corrected chi connectivity index (χ2v) is 6.53. The predicted molar refractivity (Wildman–Crippen MR) is 95.2 cm³/mol. The molecule has 0 amide bonds. The van der Waals surface area contributed by atoms with Crippen LogP contribution in [0.5, 0.6) is 0 Å². The first-order valence-corrected chi connectivity index (χ1v) is 7.90. The molecule has 2 aromatic carbocycles. The van der Waals surface area contributed by atoms with Crippen LogP contribution >= 0.6 is 11.3 Å². The van der Waals surface area contributed by atoms with E-state index in [-0.39, 0.29) is 5.43 Å². The first kappa shape index (κ1) is 13.2. The monoisotopic (exact) mass is 306 g/mol. The number of pyridine rings is 1. The summed E-state index contributed by atoms with van der Waals surface area (Å²) in [5, 5.41) is 2.48. The molecule has 22 heavy (non-hydrogen) atoms. The quantitative estimate of drug-likeness (QED) is 0.393. The average molecular weight is 306 g/mol. The molecule has 0 unspecified atom stereocenters. The van der Waals surface area contributed by atoms with Crippen LogP contribution < -0.4 is 10.3 Å². The van der Waals surface area contributed by atoms with Crippen molar-refractivity contribution in [1.29, 1.82) is 0 Å². The van der Waals surface area contributed by atoms with Gasteiger partial charge in [-0.25, -0.2) is 4.98 Å². The normalized spacial score (nSPS) is 11.4. The Morgan fingerprint density at radius 1 is 0.955 bits per heavy atom. The largest absolute Gasteiger partial charge is 0.362 e. The highest BCUT2D eigenvalue weighted by Gasteiger charge is 2.15. The van der Waals surface area contributed by atoms with Crippen LogP contribution in [0.15, 0.2) is 53.3 Å². The molecule has 0 aliphatic rings. The highest BCUT2D eigenvalue weighted by molar-refractivity contribution is 7.25. The third-order valence-corrected chi connectivity index (χ3v) is 4.99. The molecule has 0 spiro atoms. The fourth-order valence-electron chi connectivity index (χ4n) is 2.79. The van der Waals surface area contributed by atoms with Gasteiger partial charge in [0.1, 0.15) is 5.82 Å². The molecule has 0 aliphatic carbocycles. The van der Waals surface area contributed by atoms with E-state index in [2.05, 4.69) is 0 Å². The maximum atomic E-state index is 13.0. The van der Waals surface area contributed by atoms with Crippen molar-refractivity contribution in [2.45, 2.75) is 0 Å². The molecule has 4 rings (SSSR count). The number of aromatic nitrogens is 1. The lowest BCUT2D eigenvalue weighted by atomic mass is 10.1. The van der Waals surface area contributed by atoms with Gasteiger partial charge in [0, 0.05) is 29.6 Å². The number of benzene rings is 2. The summed E-state index contributed by atoms with van der Waals surface area (Å²) >= 11 is 1.63. The fraction of sp³-hybridized carbons (Fsp3) is 0.111. The molecule has 0 bridgehead atoms. The molecule has 2 aromatic heterocycles. The van der Waals surface area contributed by atoms with Crippen molar-refractivity contribution in [1.82, 2.24) is 4.98 Å². The van der Waals surface area contributed by atoms with Crippen molar-refractivity contribution >= 4 is 48.2 Å². The number of anilines is 1.